The van der Waals surface area contributed by atoms with Crippen LogP contribution >= 0.6 is 0 Å². The van der Waals surface area contributed by atoms with E-state index < -0.39 is 5.97 Å². The van der Waals surface area contributed by atoms with Gasteiger partial charge in [-0.2, -0.15) is 0 Å². The van der Waals surface area contributed by atoms with Crippen LogP contribution in [0.15, 0.2) is 36.4 Å². The van der Waals surface area contributed by atoms with Crippen molar-refractivity contribution >= 4 is 5.97 Å². The van der Waals surface area contributed by atoms with Gasteiger partial charge in [-0.25, -0.2) is 0 Å². The number of carbonyl (C=O) groups is 1. The van der Waals surface area contributed by atoms with Gasteiger partial charge >= 0.3 is 5.97 Å². The van der Waals surface area contributed by atoms with Crippen LogP contribution in [0.4, 0.5) is 0 Å². The average Bonchev–Trinajstić information content (AvgIpc) is 3.22. The van der Waals surface area contributed by atoms with Gasteiger partial charge in [0.2, 0.25) is 6.79 Å². The molecule has 2 aliphatic heterocycles. The molecule has 29 heavy (non-hydrogen) atoms. The first kappa shape index (κ1) is 19.4. The first-order valence-electron chi connectivity index (χ1n) is 9.69. The van der Waals surface area contributed by atoms with E-state index in [0.29, 0.717) is 30.2 Å². The molecule has 1 N–H and O–H groups in total. The molecule has 2 unspecified atom stereocenters. The van der Waals surface area contributed by atoms with Gasteiger partial charge in [0.25, 0.3) is 0 Å². The molecule has 7 nitrogen and oxygen atoms in total. The normalized spacial score (nSPS) is 19.6. The van der Waals surface area contributed by atoms with Crippen LogP contribution in [0.1, 0.15) is 30.0 Å². The van der Waals surface area contributed by atoms with Gasteiger partial charge in [0.1, 0.15) is 11.5 Å². The summed E-state index contributed by atoms with van der Waals surface area (Å²) in [5.41, 5.74) is 1.96. The van der Waals surface area contributed by atoms with Gasteiger partial charge in [-0.3, -0.25) is 9.69 Å². The number of ether oxygens (including phenoxy) is 4. The number of methoxy groups -OCH3 is 2. The van der Waals surface area contributed by atoms with E-state index in [-0.39, 0.29) is 18.8 Å². The van der Waals surface area contributed by atoms with Gasteiger partial charge < -0.3 is 24.1 Å². The van der Waals surface area contributed by atoms with Crippen molar-refractivity contribution in [2.75, 3.05) is 34.1 Å². The summed E-state index contributed by atoms with van der Waals surface area (Å²) >= 11 is 0. The lowest BCUT2D eigenvalue weighted by molar-refractivity contribution is -0.143. The molecule has 0 bridgehead atoms. The van der Waals surface area contributed by atoms with Crippen LogP contribution in [-0.2, 0) is 4.79 Å². The molecule has 1 fully saturated rings. The molecule has 2 atom stereocenters. The number of rotatable bonds is 6. The number of hydrogen-bond donors (Lipinski definition) is 1. The summed E-state index contributed by atoms with van der Waals surface area (Å²) in [7, 11) is 3.25. The van der Waals surface area contributed by atoms with Gasteiger partial charge in [-0.05, 0) is 49.2 Å². The fourth-order valence-electron chi connectivity index (χ4n) is 4.16. The van der Waals surface area contributed by atoms with Crippen LogP contribution in [0.3, 0.4) is 0 Å². The summed E-state index contributed by atoms with van der Waals surface area (Å²) in [6.45, 7) is 1.49. The molecule has 7 heteroatoms. The van der Waals surface area contributed by atoms with Gasteiger partial charge in [0.15, 0.2) is 11.5 Å². The second kappa shape index (κ2) is 8.21. The maximum absolute atomic E-state index is 11.7. The monoisotopic (exact) mass is 399 g/mol. The van der Waals surface area contributed by atoms with E-state index in [4.69, 9.17) is 18.9 Å². The van der Waals surface area contributed by atoms with Crippen molar-refractivity contribution < 1.29 is 28.8 Å². The molecule has 0 spiro atoms. The quantitative estimate of drug-likeness (QED) is 0.798. The highest BCUT2D eigenvalue weighted by Gasteiger charge is 2.33. The van der Waals surface area contributed by atoms with E-state index in [0.717, 1.165) is 29.8 Å². The highest BCUT2D eigenvalue weighted by molar-refractivity contribution is 5.70. The Labute approximate surface area is 169 Å². The Hall–Kier alpha value is -2.93. The molecule has 2 heterocycles. The first-order chi connectivity index (χ1) is 14.1. The molecule has 2 aliphatic rings. The predicted octanol–water partition coefficient (Wildman–Crippen LogP) is 3.32. The Kier molecular flexibility index (Phi) is 5.49. The smallest absolute Gasteiger partial charge is 0.307 e. The van der Waals surface area contributed by atoms with Crippen molar-refractivity contribution in [3.63, 3.8) is 0 Å². The van der Waals surface area contributed by atoms with E-state index in [1.54, 1.807) is 14.2 Å². The highest BCUT2D eigenvalue weighted by Crippen LogP contribution is 2.42. The van der Waals surface area contributed by atoms with Crippen LogP contribution in [0, 0.1) is 5.92 Å². The van der Waals surface area contributed by atoms with Gasteiger partial charge in [0.05, 0.1) is 26.2 Å². The van der Waals surface area contributed by atoms with Gasteiger partial charge in [-0.1, -0.05) is 6.07 Å². The molecule has 0 aromatic heterocycles. The fourth-order valence-corrected chi connectivity index (χ4v) is 4.16. The summed E-state index contributed by atoms with van der Waals surface area (Å²) in [6.07, 6.45) is 1.52. The van der Waals surface area contributed by atoms with E-state index in [1.165, 1.54) is 0 Å². The van der Waals surface area contributed by atoms with E-state index in [9.17, 15) is 9.90 Å². The molecule has 0 aliphatic carbocycles. The SMILES string of the molecule is COc1ccc(C(c2ccc3c(c2)OCO3)N2CCCC(C(=O)O)C2)c(OC)c1. The van der Waals surface area contributed by atoms with Crippen LogP contribution < -0.4 is 18.9 Å². The number of likely N-dealkylation sites (tertiary alicyclic amines) is 1. The number of fused-ring (bicyclic) bond motifs is 1. The van der Waals surface area contributed by atoms with Crippen LogP contribution in [0.25, 0.3) is 0 Å². The van der Waals surface area contributed by atoms with Gasteiger partial charge in [0, 0.05) is 18.2 Å². The van der Waals surface area contributed by atoms with E-state index in [2.05, 4.69) is 4.90 Å². The minimum absolute atomic E-state index is 0.174. The maximum Gasteiger partial charge on any atom is 0.307 e. The maximum atomic E-state index is 11.7. The number of carboxylic acids is 1. The second-order valence-corrected chi connectivity index (χ2v) is 7.30. The lowest BCUT2D eigenvalue weighted by Gasteiger charge is -2.38. The molecule has 0 radical (unpaired) electrons. The van der Waals surface area contributed by atoms with Crippen molar-refractivity contribution in [3.05, 3.63) is 47.5 Å². The number of aliphatic carboxylic acids is 1. The molecule has 2 aromatic carbocycles. The van der Waals surface area contributed by atoms with Crippen molar-refractivity contribution in [3.8, 4) is 23.0 Å². The summed E-state index contributed by atoms with van der Waals surface area (Å²) in [5.74, 6) is 1.69. The minimum atomic E-state index is -0.749. The standard InChI is InChI=1S/C22H25NO6/c1-26-16-6-7-17(19(11-16)27-2)21(23-9-3-4-15(12-23)22(24)25)14-5-8-18-20(10-14)29-13-28-18/h5-8,10-11,15,21H,3-4,9,12-13H2,1-2H3,(H,24,25). The zero-order chi connectivity index (χ0) is 20.4. The van der Waals surface area contributed by atoms with Crippen LogP contribution in [0.5, 0.6) is 23.0 Å². The van der Waals surface area contributed by atoms with Crippen LogP contribution in [-0.4, -0.2) is 50.1 Å². The molecular weight excluding hydrogens is 374 g/mol. The molecule has 154 valence electrons. The second-order valence-electron chi connectivity index (χ2n) is 7.30. The minimum Gasteiger partial charge on any atom is -0.497 e. The Morgan fingerprint density at radius 2 is 1.97 bits per heavy atom. The molecule has 4 rings (SSSR count). The number of hydrogen-bond acceptors (Lipinski definition) is 6. The number of carboxylic acid groups (broad SMARTS) is 1. The molecule has 0 amide bonds. The lowest BCUT2D eigenvalue weighted by Crippen LogP contribution is -2.41. The van der Waals surface area contributed by atoms with Crippen molar-refractivity contribution in [2.24, 2.45) is 5.92 Å². The fraction of sp³-hybridized carbons (Fsp3) is 0.409. The molecule has 1 saturated heterocycles. The molecular formula is C22H25NO6. The van der Waals surface area contributed by atoms with E-state index >= 15 is 0 Å². The van der Waals surface area contributed by atoms with Gasteiger partial charge in [-0.15, -0.1) is 0 Å². The summed E-state index contributed by atoms with van der Waals surface area (Å²) in [5, 5.41) is 9.57. The number of benzene rings is 2. The average molecular weight is 399 g/mol. The zero-order valence-corrected chi connectivity index (χ0v) is 16.6. The largest absolute Gasteiger partial charge is 0.497 e. The topological polar surface area (TPSA) is 77.5 Å². The predicted molar refractivity (Wildman–Crippen MR) is 106 cm³/mol. The lowest BCUT2D eigenvalue weighted by atomic mass is 9.90. The summed E-state index contributed by atoms with van der Waals surface area (Å²) < 4.78 is 22.0. The molecule has 0 saturated carbocycles. The zero-order valence-electron chi connectivity index (χ0n) is 16.6. The Balaban J connectivity index is 1.78. The van der Waals surface area contributed by atoms with Crippen LogP contribution in [0.2, 0.25) is 0 Å². The van der Waals surface area contributed by atoms with Crippen molar-refractivity contribution in [1.82, 2.24) is 4.90 Å². The van der Waals surface area contributed by atoms with Crippen molar-refractivity contribution in [1.29, 1.82) is 0 Å². The third-order valence-corrected chi connectivity index (χ3v) is 5.61. The van der Waals surface area contributed by atoms with E-state index in [1.807, 2.05) is 36.4 Å². The number of nitrogens with zero attached hydrogens (tertiary/aromatic N) is 1. The van der Waals surface area contributed by atoms with Crippen molar-refractivity contribution in [2.45, 2.75) is 18.9 Å². The summed E-state index contributed by atoms with van der Waals surface area (Å²) in [6, 6.07) is 11.4. The first-order valence-corrected chi connectivity index (χ1v) is 9.69. The summed E-state index contributed by atoms with van der Waals surface area (Å²) in [4.78, 5) is 13.9. The third-order valence-electron chi connectivity index (χ3n) is 5.61. The highest BCUT2D eigenvalue weighted by atomic mass is 16.7. The Morgan fingerprint density at radius 3 is 2.72 bits per heavy atom. The number of piperidine rings is 1. The Morgan fingerprint density at radius 1 is 1.14 bits per heavy atom. The third kappa shape index (κ3) is 3.82. The Bertz CT molecular complexity index is 899. The molecule has 2 aromatic rings.